The van der Waals surface area contributed by atoms with Gasteiger partial charge in [0.2, 0.25) is 0 Å². The van der Waals surface area contributed by atoms with Crippen LogP contribution in [0.1, 0.15) is 12.8 Å². The number of aliphatic carboxylic acids is 1. The van der Waals surface area contributed by atoms with Gasteiger partial charge < -0.3 is 14.9 Å². The Kier molecular flexibility index (Phi) is 2.66. The normalized spacial score (nSPS) is 26.9. The number of aliphatic hydroxyl groups is 1. The second kappa shape index (κ2) is 3.59. The van der Waals surface area contributed by atoms with E-state index in [-0.39, 0.29) is 6.42 Å². The Hall–Kier alpha value is -1.69. The zero-order valence-electron chi connectivity index (χ0n) is 7.10. The molecule has 2 N–H and O–H groups in total. The molecule has 6 nitrogen and oxygen atoms in total. The molecule has 0 aromatic rings. The van der Waals surface area contributed by atoms with Crippen molar-refractivity contribution in [2.24, 2.45) is 0 Å². The molecule has 1 heterocycles. The highest BCUT2D eigenvalue weighted by molar-refractivity contribution is 5.99. The standard InChI is InChI=1S/C8H8O6/c9-5(10)2-1-3-8(13)4-6(11)14-7(8)12/h1-2,13H,3-4H2,(H,9,10). The Labute approximate surface area is 78.8 Å². The van der Waals surface area contributed by atoms with Crippen molar-refractivity contribution in [1.29, 1.82) is 0 Å². The van der Waals surface area contributed by atoms with Crippen LogP contribution in [0.3, 0.4) is 0 Å². The molecule has 0 saturated carbocycles. The van der Waals surface area contributed by atoms with Crippen molar-refractivity contribution in [2.45, 2.75) is 18.4 Å². The third kappa shape index (κ3) is 2.17. The summed E-state index contributed by atoms with van der Waals surface area (Å²) in [6.45, 7) is 0. The lowest BCUT2D eigenvalue weighted by atomic mass is 9.98. The molecule has 0 aliphatic carbocycles. The molecule has 1 rings (SSSR count). The van der Waals surface area contributed by atoms with Crippen LogP contribution in [0, 0.1) is 0 Å². The Morgan fingerprint density at radius 3 is 2.64 bits per heavy atom. The molecule has 1 atom stereocenters. The monoisotopic (exact) mass is 200 g/mol. The molecular weight excluding hydrogens is 192 g/mol. The Morgan fingerprint density at radius 1 is 1.57 bits per heavy atom. The second-order valence-electron chi connectivity index (χ2n) is 2.91. The van der Waals surface area contributed by atoms with Gasteiger partial charge in [-0.2, -0.15) is 0 Å². The van der Waals surface area contributed by atoms with Gasteiger partial charge in [0.1, 0.15) is 0 Å². The largest absolute Gasteiger partial charge is 0.478 e. The van der Waals surface area contributed by atoms with E-state index in [1.807, 2.05) is 0 Å². The molecule has 1 fully saturated rings. The van der Waals surface area contributed by atoms with E-state index in [4.69, 9.17) is 5.11 Å². The van der Waals surface area contributed by atoms with Gasteiger partial charge in [-0.05, 0) is 0 Å². The molecule has 1 saturated heterocycles. The van der Waals surface area contributed by atoms with Gasteiger partial charge in [0.15, 0.2) is 5.60 Å². The number of rotatable bonds is 3. The number of hydrogen-bond acceptors (Lipinski definition) is 5. The number of hydrogen-bond donors (Lipinski definition) is 2. The van der Waals surface area contributed by atoms with Gasteiger partial charge >= 0.3 is 17.9 Å². The van der Waals surface area contributed by atoms with Crippen molar-refractivity contribution in [3.8, 4) is 0 Å². The van der Waals surface area contributed by atoms with Gasteiger partial charge in [-0.3, -0.25) is 4.79 Å². The first-order valence-corrected chi connectivity index (χ1v) is 3.81. The molecule has 1 aliphatic heterocycles. The summed E-state index contributed by atoms with van der Waals surface area (Å²) in [5.41, 5.74) is -1.90. The number of carbonyl (C=O) groups excluding carboxylic acids is 2. The summed E-state index contributed by atoms with van der Waals surface area (Å²) in [5.74, 6) is -3.02. The van der Waals surface area contributed by atoms with E-state index in [2.05, 4.69) is 4.74 Å². The van der Waals surface area contributed by atoms with Crippen LogP contribution < -0.4 is 0 Å². The van der Waals surface area contributed by atoms with Crippen LogP contribution in [-0.4, -0.2) is 33.7 Å². The minimum absolute atomic E-state index is 0.246. The fraction of sp³-hybridized carbons (Fsp3) is 0.375. The average molecular weight is 200 g/mol. The van der Waals surface area contributed by atoms with Crippen LogP contribution in [0.2, 0.25) is 0 Å². The summed E-state index contributed by atoms with van der Waals surface area (Å²) < 4.78 is 4.13. The highest BCUT2D eigenvalue weighted by Crippen LogP contribution is 2.25. The summed E-state index contributed by atoms with van der Waals surface area (Å²) in [6.07, 6.45) is 1.20. The van der Waals surface area contributed by atoms with Crippen molar-refractivity contribution >= 4 is 17.9 Å². The maximum Gasteiger partial charge on any atom is 0.346 e. The number of cyclic esters (lactones) is 2. The minimum atomic E-state index is -1.90. The number of esters is 2. The summed E-state index contributed by atoms with van der Waals surface area (Å²) >= 11 is 0. The summed E-state index contributed by atoms with van der Waals surface area (Å²) in [6, 6.07) is 0. The number of carboxylic acid groups (broad SMARTS) is 1. The van der Waals surface area contributed by atoms with Gasteiger partial charge in [0, 0.05) is 12.5 Å². The highest BCUT2D eigenvalue weighted by atomic mass is 16.6. The molecule has 6 heteroatoms. The zero-order chi connectivity index (χ0) is 10.8. The van der Waals surface area contributed by atoms with Crippen LogP contribution in [0.25, 0.3) is 0 Å². The van der Waals surface area contributed by atoms with E-state index >= 15 is 0 Å². The molecule has 1 aliphatic rings. The van der Waals surface area contributed by atoms with Crippen molar-refractivity contribution in [3.05, 3.63) is 12.2 Å². The Morgan fingerprint density at radius 2 is 2.21 bits per heavy atom. The molecule has 0 bridgehead atoms. The third-order valence-electron chi connectivity index (χ3n) is 1.74. The lowest BCUT2D eigenvalue weighted by molar-refractivity contribution is -0.158. The van der Waals surface area contributed by atoms with Gasteiger partial charge in [-0.15, -0.1) is 0 Å². The quantitative estimate of drug-likeness (QED) is 0.352. The summed E-state index contributed by atoms with van der Waals surface area (Å²) in [7, 11) is 0. The summed E-state index contributed by atoms with van der Waals surface area (Å²) in [5, 5.41) is 17.7. The molecule has 14 heavy (non-hydrogen) atoms. The van der Waals surface area contributed by atoms with Crippen LogP contribution in [0.15, 0.2) is 12.2 Å². The van der Waals surface area contributed by atoms with E-state index < -0.39 is 29.9 Å². The first-order chi connectivity index (χ1) is 6.44. The second-order valence-corrected chi connectivity index (χ2v) is 2.91. The number of carbonyl (C=O) groups is 3. The average Bonchev–Trinajstić information content (AvgIpc) is 2.25. The van der Waals surface area contributed by atoms with E-state index in [0.717, 1.165) is 12.2 Å². The van der Waals surface area contributed by atoms with Gasteiger partial charge in [0.05, 0.1) is 6.42 Å². The number of ether oxygens (including phenoxy) is 1. The zero-order valence-corrected chi connectivity index (χ0v) is 7.10. The molecular formula is C8H8O6. The predicted octanol–water partition coefficient (Wildman–Crippen LogP) is -0.778. The molecule has 0 amide bonds. The van der Waals surface area contributed by atoms with E-state index in [0.29, 0.717) is 0 Å². The van der Waals surface area contributed by atoms with Gasteiger partial charge in [0.25, 0.3) is 0 Å². The van der Waals surface area contributed by atoms with E-state index in [1.54, 1.807) is 0 Å². The first kappa shape index (κ1) is 10.4. The number of carboxylic acids is 1. The fourth-order valence-electron chi connectivity index (χ4n) is 1.06. The third-order valence-corrected chi connectivity index (χ3v) is 1.74. The lowest BCUT2D eigenvalue weighted by Gasteiger charge is -2.12. The van der Waals surface area contributed by atoms with Crippen LogP contribution in [0.4, 0.5) is 0 Å². The van der Waals surface area contributed by atoms with E-state index in [9.17, 15) is 19.5 Å². The van der Waals surface area contributed by atoms with Crippen LogP contribution >= 0.6 is 0 Å². The Balaban J connectivity index is 2.63. The predicted molar refractivity (Wildman–Crippen MR) is 42.1 cm³/mol. The molecule has 1 unspecified atom stereocenters. The van der Waals surface area contributed by atoms with E-state index in [1.165, 1.54) is 0 Å². The summed E-state index contributed by atoms with van der Waals surface area (Å²) in [4.78, 5) is 31.6. The molecule has 0 spiro atoms. The van der Waals surface area contributed by atoms with Crippen molar-refractivity contribution < 1.29 is 29.3 Å². The molecule has 0 radical (unpaired) electrons. The fourth-order valence-corrected chi connectivity index (χ4v) is 1.06. The smallest absolute Gasteiger partial charge is 0.346 e. The van der Waals surface area contributed by atoms with Crippen molar-refractivity contribution in [3.63, 3.8) is 0 Å². The first-order valence-electron chi connectivity index (χ1n) is 3.81. The van der Waals surface area contributed by atoms with Gasteiger partial charge in [-0.25, -0.2) is 9.59 Å². The maximum atomic E-state index is 10.9. The minimum Gasteiger partial charge on any atom is -0.478 e. The highest BCUT2D eigenvalue weighted by Gasteiger charge is 2.46. The van der Waals surface area contributed by atoms with Crippen LogP contribution in [0.5, 0.6) is 0 Å². The molecule has 0 aromatic heterocycles. The Bertz CT molecular complexity index is 318. The lowest BCUT2D eigenvalue weighted by Crippen LogP contribution is -2.33. The SMILES string of the molecule is O=C(O)C=CCC1(O)CC(=O)OC1=O. The van der Waals surface area contributed by atoms with Crippen molar-refractivity contribution in [2.75, 3.05) is 0 Å². The van der Waals surface area contributed by atoms with Crippen LogP contribution in [-0.2, 0) is 19.1 Å². The van der Waals surface area contributed by atoms with Crippen molar-refractivity contribution in [1.82, 2.24) is 0 Å². The topological polar surface area (TPSA) is 101 Å². The van der Waals surface area contributed by atoms with Gasteiger partial charge in [-0.1, -0.05) is 6.08 Å². The molecule has 76 valence electrons. The maximum absolute atomic E-state index is 10.9. The molecule has 0 aromatic carbocycles.